The minimum absolute atomic E-state index is 0.227. The summed E-state index contributed by atoms with van der Waals surface area (Å²) in [4.78, 5) is 0. The number of hydrogen-bond acceptors (Lipinski definition) is 2. The van der Waals surface area contributed by atoms with Crippen molar-refractivity contribution in [1.82, 2.24) is 4.57 Å². The fraction of sp³-hybridized carbons (Fsp3) is 0.733. The van der Waals surface area contributed by atoms with E-state index in [4.69, 9.17) is 0 Å². The van der Waals surface area contributed by atoms with Gasteiger partial charge in [0.15, 0.2) is 0 Å². The number of aromatic nitrogens is 1. The SMILES string of the molecule is CC1(C)Cc2c(ccn2C2CCCSC2)C(O)C1. The van der Waals surface area contributed by atoms with Gasteiger partial charge < -0.3 is 9.67 Å². The standard InChI is InChI=1S/C15H23NOS/c1-15(2)8-13-12(14(17)9-15)5-6-16(13)11-4-3-7-18-10-11/h5-6,11,14,17H,3-4,7-10H2,1-2H3. The minimum atomic E-state index is -0.263. The molecule has 2 heterocycles. The average Bonchev–Trinajstić information content (AvgIpc) is 2.72. The maximum Gasteiger partial charge on any atom is 0.0812 e. The molecule has 1 aromatic rings. The summed E-state index contributed by atoms with van der Waals surface area (Å²) in [5.74, 6) is 2.55. The van der Waals surface area contributed by atoms with Gasteiger partial charge in [0, 0.05) is 29.2 Å². The lowest BCUT2D eigenvalue weighted by Gasteiger charge is -2.35. The molecule has 0 radical (unpaired) electrons. The third kappa shape index (κ3) is 2.23. The molecule has 0 amide bonds. The third-order valence-electron chi connectivity index (χ3n) is 4.34. The first-order chi connectivity index (χ1) is 8.57. The second kappa shape index (κ2) is 4.61. The highest BCUT2D eigenvalue weighted by Crippen LogP contribution is 2.42. The van der Waals surface area contributed by atoms with Crippen molar-refractivity contribution in [3.63, 3.8) is 0 Å². The smallest absolute Gasteiger partial charge is 0.0812 e. The van der Waals surface area contributed by atoms with Crippen LogP contribution in [-0.4, -0.2) is 21.2 Å². The Morgan fingerprint density at radius 1 is 1.44 bits per heavy atom. The number of thioether (sulfide) groups is 1. The number of aliphatic hydroxyl groups is 1. The van der Waals surface area contributed by atoms with Crippen LogP contribution in [0.15, 0.2) is 12.3 Å². The quantitative estimate of drug-likeness (QED) is 0.840. The number of rotatable bonds is 1. The van der Waals surface area contributed by atoms with Crippen LogP contribution in [0.2, 0.25) is 0 Å². The predicted molar refractivity (Wildman–Crippen MR) is 77.1 cm³/mol. The van der Waals surface area contributed by atoms with Crippen molar-refractivity contribution in [1.29, 1.82) is 0 Å². The molecule has 1 saturated heterocycles. The molecule has 0 bridgehead atoms. The predicted octanol–water partition coefficient (Wildman–Crippen LogP) is 3.56. The van der Waals surface area contributed by atoms with Gasteiger partial charge >= 0.3 is 0 Å². The van der Waals surface area contributed by atoms with Crippen LogP contribution in [0.5, 0.6) is 0 Å². The van der Waals surface area contributed by atoms with Gasteiger partial charge in [-0.1, -0.05) is 13.8 Å². The number of aliphatic hydroxyl groups excluding tert-OH is 1. The molecule has 2 aliphatic rings. The molecule has 2 nitrogen and oxygen atoms in total. The normalized spacial score (nSPS) is 31.1. The van der Waals surface area contributed by atoms with Gasteiger partial charge in [-0.3, -0.25) is 0 Å². The first-order valence-corrected chi connectivity index (χ1v) is 8.18. The summed E-state index contributed by atoms with van der Waals surface area (Å²) in [6.45, 7) is 4.54. The van der Waals surface area contributed by atoms with E-state index in [0.717, 1.165) is 12.8 Å². The first kappa shape index (κ1) is 12.6. The monoisotopic (exact) mass is 265 g/mol. The van der Waals surface area contributed by atoms with Gasteiger partial charge in [-0.05, 0) is 42.9 Å². The van der Waals surface area contributed by atoms with Crippen LogP contribution in [0.1, 0.15) is 56.5 Å². The highest BCUT2D eigenvalue weighted by atomic mass is 32.2. The van der Waals surface area contributed by atoms with E-state index >= 15 is 0 Å². The van der Waals surface area contributed by atoms with Gasteiger partial charge in [-0.15, -0.1) is 0 Å². The summed E-state index contributed by atoms with van der Waals surface area (Å²) in [7, 11) is 0. The van der Waals surface area contributed by atoms with Crippen LogP contribution >= 0.6 is 11.8 Å². The van der Waals surface area contributed by atoms with E-state index in [1.54, 1.807) is 0 Å². The zero-order chi connectivity index (χ0) is 12.8. The third-order valence-corrected chi connectivity index (χ3v) is 5.54. The molecule has 3 rings (SSSR count). The molecule has 1 fully saturated rings. The van der Waals surface area contributed by atoms with Gasteiger partial charge in [0.05, 0.1) is 6.10 Å². The molecule has 1 aliphatic carbocycles. The Morgan fingerprint density at radius 3 is 3.00 bits per heavy atom. The fourth-order valence-electron chi connectivity index (χ4n) is 3.44. The minimum Gasteiger partial charge on any atom is -0.388 e. The van der Waals surface area contributed by atoms with Crippen LogP contribution in [-0.2, 0) is 6.42 Å². The van der Waals surface area contributed by atoms with Crippen molar-refractivity contribution in [2.45, 2.75) is 51.7 Å². The number of hydrogen-bond donors (Lipinski definition) is 1. The van der Waals surface area contributed by atoms with E-state index in [1.807, 2.05) is 0 Å². The Hall–Kier alpha value is -0.410. The summed E-state index contributed by atoms with van der Waals surface area (Å²) in [5.41, 5.74) is 2.81. The largest absolute Gasteiger partial charge is 0.388 e. The Balaban J connectivity index is 1.93. The van der Waals surface area contributed by atoms with Crippen molar-refractivity contribution in [3.8, 4) is 0 Å². The Labute approximate surface area is 114 Å². The Morgan fingerprint density at radius 2 is 2.28 bits per heavy atom. The molecule has 0 spiro atoms. The van der Waals surface area contributed by atoms with E-state index in [-0.39, 0.29) is 11.5 Å². The molecule has 3 heteroatoms. The molecular formula is C15H23NOS. The molecule has 18 heavy (non-hydrogen) atoms. The highest BCUT2D eigenvalue weighted by molar-refractivity contribution is 7.99. The molecule has 1 aromatic heterocycles. The zero-order valence-electron chi connectivity index (χ0n) is 11.4. The van der Waals surface area contributed by atoms with Crippen LogP contribution in [0.25, 0.3) is 0 Å². The maximum atomic E-state index is 10.3. The summed E-state index contributed by atoms with van der Waals surface area (Å²) in [5, 5.41) is 10.3. The van der Waals surface area contributed by atoms with Crippen molar-refractivity contribution < 1.29 is 5.11 Å². The van der Waals surface area contributed by atoms with Crippen molar-refractivity contribution >= 4 is 11.8 Å². The Bertz CT molecular complexity index is 432. The lowest BCUT2D eigenvalue weighted by atomic mass is 9.75. The van der Waals surface area contributed by atoms with E-state index in [2.05, 4.69) is 42.4 Å². The molecule has 1 aliphatic heterocycles. The summed E-state index contributed by atoms with van der Waals surface area (Å²) in [6, 6.07) is 2.79. The lowest BCUT2D eigenvalue weighted by Crippen LogP contribution is -2.28. The zero-order valence-corrected chi connectivity index (χ0v) is 12.2. The van der Waals surface area contributed by atoms with E-state index < -0.39 is 0 Å². The van der Waals surface area contributed by atoms with Crippen molar-refractivity contribution in [2.24, 2.45) is 5.41 Å². The molecule has 0 saturated carbocycles. The van der Waals surface area contributed by atoms with Gasteiger partial charge in [0.2, 0.25) is 0 Å². The summed E-state index contributed by atoms with van der Waals surface area (Å²) >= 11 is 2.07. The Kier molecular flexibility index (Phi) is 3.23. The van der Waals surface area contributed by atoms with Crippen molar-refractivity contribution in [2.75, 3.05) is 11.5 Å². The second-order valence-corrected chi connectivity index (χ2v) is 7.71. The molecular weight excluding hydrogens is 242 g/mol. The van der Waals surface area contributed by atoms with Crippen molar-refractivity contribution in [3.05, 3.63) is 23.5 Å². The van der Waals surface area contributed by atoms with Crippen LogP contribution < -0.4 is 0 Å². The van der Waals surface area contributed by atoms with Gasteiger partial charge in [0.25, 0.3) is 0 Å². The van der Waals surface area contributed by atoms with E-state index in [1.165, 1.54) is 35.6 Å². The van der Waals surface area contributed by atoms with Gasteiger partial charge in [-0.2, -0.15) is 11.8 Å². The van der Waals surface area contributed by atoms with Crippen LogP contribution in [0, 0.1) is 5.41 Å². The summed E-state index contributed by atoms with van der Waals surface area (Å²) in [6.07, 6.45) is 6.57. The number of nitrogens with zero attached hydrogens (tertiary/aromatic N) is 1. The summed E-state index contributed by atoms with van der Waals surface area (Å²) < 4.78 is 2.46. The van der Waals surface area contributed by atoms with E-state index in [0.29, 0.717) is 6.04 Å². The fourth-order valence-corrected chi connectivity index (χ4v) is 4.57. The lowest BCUT2D eigenvalue weighted by molar-refractivity contribution is 0.0975. The van der Waals surface area contributed by atoms with Gasteiger partial charge in [-0.25, -0.2) is 0 Å². The molecule has 100 valence electrons. The second-order valence-electron chi connectivity index (χ2n) is 6.56. The van der Waals surface area contributed by atoms with Gasteiger partial charge in [0.1, 0.15) is 0 Å². The molecule has 2 atom stereocenters. The topological polar surface area (TPSA) is 25.2 Å². The first-order valence-electron chi connectivity index (χ1n) is 7.02. The number of fused-ring (bicyclic) bond motifs is 1. The molecule has 1 N–H and O–H groups in total. The van der Waals surface area contributed by atoms with Crippen LogP contribution in [0.4, 0.5) is 0 Å². The van der Waals surface area contributed by atoms with Crippen LogP contribution in [0.3, 0.4) is 0 Å². The molecule has 0 aromatic carbocycles. The van der Waals surface area contributed by atoms with E-state index in [9.17, 15) is 5.11 Å². The highest BCUT2D eigenvalue weighted by Gasteiger charge is 2.34. The maximum absolute atomic E-state index is 10.3. The average molecular weight is 265 g/mol. The molecule has 2 unspecified atom stereocenters.